The third-order valence-corrected chi connectivity index (χ3v) is 4.17. The minimum Gasteiger partial charge on any atom is -0.475 e. The Morgan fingerprint density at radius 3 is 2.60 bits per heavy atom. The summed E-state index contributed by atoms with van der Waals surface area (Å²) >= 11 is 0. The van der Waals surface area contributed by atoms with E-state index in [0.717, 1.165) is 16.4 Å². The van der Waals surface area contributed by atoms with Gasteiger partial charge in [-0.1, -0.05) is 13.8 Å². The van der Waals surface area contributed by atoms with Gasteiger partial charge in [-0.3, -0.25) is 0 Å². The highest BCUT2D eigenvalue weighted by Gasteiger charge is 2.28. The number of carbonyl (C=O) groups is 1. The average Bonchev–Trinajstić information content (AvgIpc) is 2.84. The first kappa shape index (κ1) is 16.2. The van der Waals surface area contributed by atoms with Gasteiger partial charge < -0.3 is 9.52 Å². The lowest BCUT2D eigenvalue weighted by molar-refractivity contribution is 0.0656. The molecule has 0 aliphatic heterocycles. The number of carboxylic acids is 1. The Labute approximate surface area is 117 Å². The number of sulfonamides is 1. The van der Waals surface area contributed by atoms with E-state index in [2.05, 4.69) is 0 Å². The van der Waals surface area contributed by atoms with E-state index in [0.29, 0.717) is 0 Å². The molecular weight excluding hydrogens is 284 g/mol. The lowest BCUT2D eigenvalue weighted by Gasteiger charge is -2.21. The SMILES string of the molecule is CC(C)CN(CCC#N)S(=O)(=O)c1ccc(C(=O)O)o1. The van der Waals surface area contributed by atoms with Crippen LogP contribution >= 0.6 is 0 Å². The normalized spacial score (nSPS) is 11.8. The Morgan fingerprint density at radius 2 is 2.15 bits per heavy atom. The van der Waals surface area contributed by atoms with Crippen LogP contribution in [0.1, 0.15) is 30.8 Å². The topological polar surface area (TPSA) is 112 Å². The quantitative estimate of drug-likeness (QED) is 0.817. The summed E-state index contributed by atoms with van der Waals surface area (Å²) in [6.45, 7) is 3.96. The van der Waals surface area contributed by atoms with E-state index < -0.39 is 26.8 Å². The van der Waals surface area contributed by atoms with Gasteiger partial charge in [0.15, 0.2) is 0 Å². The lowest BCUT2D eigenvalue weighted by atomic mass is 10.2. The number of aromatic carboxylic acids is 1. The Balaban J connectivity index is 3.07. The van der Waals surface area contributed by atoms with Crippen LogP contribution in [0, 0.1) is 17.2 Å². The largest absolute Gasteiger partial charge is 0.475 e. The van der Waals surface area contributed by atoms with Crippen molar-refractivity contribution in [1.82, 2.24) is 4.31 Å². The van der Waals surface area contributed by atoms with E-state index in [-0.39, 0.29) is 25.4 Å². The van der Waals surface area contributed by atoms with Crippen LogP contribution in [-0.4, -0.2) is 36.9 Å². The summed E-state index contributed by atoms with van der Waals surface area (Å²) in [5.74, 6) is -1.70. The van der Waals surface area contributed by atoms with Crippen molar-refractivity contribution in [3.8, 4) is 6.07 Å². The first-order valence-electron chi connectivity index (χ1n) is 5.99. The zero-order valence-electron chi connectivity index (χ0n) is 11.2. The fourth-order valence-corrected chi connectivity index (χ4v) is 3.11. The van der Waals surface area contributed by atoms with E-state index in [1.807, 2.05) is 19.9 Å². The molecule has 7 nitrogen and oxygen atoms in total. The Morgan fingerprint density at radius 1 is 1.50 bits per heavy atom. The fraction of sp³-hybridized carbons (Fsp3) is 0.500. The van der Waals surface area contributed by atoms with Crippen LogP contribution in [0.25, 0.3) is 0 Å². The zero-order chi connectivity index (χ0) is 15.3. The summed E-state index contributed by atoms with van der Waals surface area (Å²) < 4.78 is 30.6. The molecule has 0 fully saturated rings. The van der Waals surface area contributed by atoms with Gasteiger partial charge in [-0.2, -0.15) is 9.57 Å². The molecule has 0 aromatic carbocycles. The molecule has 0 saturated heterocycles. The molecule has 110 valence electrons. The number of furan rings is 1. The van der Waals surface area contributed by atoms with E-state index in [1.54, 1.807) is 0 Å². The monoisotopic (exact) mass is 300 g/mol. The number of nitriles is 1. The number of rotatable bonds is 7. The Bertz CT molecular complexity index is 612. The second kappa shape index (κ2) is 6.54. The van der Waals surface area contributed by atoms with Crippen LogP contribution in [-0.2, 0) is 10.0 Å². The predicted molar refractivity (Wildman–Crippen MR) is 69.5 cm³/mol. The van der Waals surface area contributed by atoms with Crippen molar-refractivity contribution in [3.05, 3.63) is 17.9 Å². The van der Waals surface area contributed by atoms with Gasteiger partial charge in [0, 0.05) is 19.5 Å². The van der Waals surface area contributed by atoms with Crippen LogP contribution in [0.3, 0.4) is 0 Å². The highest BCUT2D eigenvalue weighted by molar-refractivity contribution is 7.89. The first-order chi connectivity index (χ1) is 9.28. The minimum absolute atomic E-state index is 0.0418. The molecule has 1 rings (SSSR count). The van der Waals surface area contributed by atoms with Crippen molar-refractivity contribution in [2.24, 2.45) is 5.92 Å². The van der Waals surface area contributed by atoms with Crippen LogP contribution in [0.15, 0.2) is 21.6 Å². The number of hydrogen-bond donors (Lipinski definition) is 1. The summed E-state index contributed by atoms with van der Waals surface area (Å²) in [5, 5.41) is 16.9. The second-order valence-electron chi connectivity index (χ2n) is 4.59. The van der Waals surface area contributed by atoms with E-state index >= 15 is 0 Å². The van der Waals surface area contributed by atoms with Gasteiger partial charge in [0.25, 0.3) is 10.0 Å². The van der Waals surface area contributed by atoms with Crippen LogP contribution in [0.5, 0.6) is 0 Å². The van der Waals surface area contributed by atoms with E-state index in [9.17, 15) is 13.2 Å². The highest BCUT2D eigenvalue weighted by Crippen LogP contribution is 2.20. The molecule has 0 amide bonds. The van der Waals surface area contributed by atoms with Gasteiger partial charge in [-0.25, -0.2) is 13.2 Å². The van der Waals surface area contributed by atoms with Gasteiger partial charge in [0.2, 0.25) is 10.9 Å². The first-order valence-corrected chi connectivity index (χ1v) is 7.43. The third-order valence-electron chi connectivity index (χ3n) is 2.43. The van der Waals surface area contributed by atoms with Crippen molar-refractivity contribution in [2.75, 3.05) is 13.1 Å². The van der Waals surface area contributed by atoms with Crippen molar-refractivity contribution >= 4 is 16.0 Å². The summed E-state index contributed by atoms with van der Waals surface area (Å²) in [4.78, 5) is 10.7. The molecule has 20 heavy (non-hydrogen) atoms. The maximum absolute atomic E-state index is 12.3. The summed E-state index contributed by atoms with van der Waals surface area (Å²) in [5.41, 5.74) is 0. The molecule has 1 aromatic rings. The molecule has 0 aliphatic carbocycles. The summed E-state index contributed by atoms with van der Waals surface area (Å²) in [6, 6.07) is 4.09. The molecule has 8 heteroatoms. The zero-order valence-corrected chi connectivity index (χ0v) is 12.1. The van der Waals surface area contributed by atoms with Crippen molar-refractivity contribution < 1.29 is 22.7 Å². The Kier molecular flexibility index (Phi) is 5.30. The van der Waals surface area contributed by atoms with Gasteiger partial charge in [-0.15, -0.1) is 0 Å². The number of carboxylic acid groups (broad SMARTS) is 1. The number of hydrogen-bond acceptors (Lipinski definition) is 5. The van der Waals surface area contributed by atoms with Crippen LogP contribution in [0.4, 0.5) is 0 Å². The van der Waals surface area contributed by atoms with Crippen molar-refractivity contribution in [2.45, 2.75) is 25.4 Å². The third kappa shape index (κ3) is 3.82. The molecule has 0 saturated carbocycles. The maximum Gasteiger partial charge on any atom is 0.371 e. The number of nitrogens with zero attached hydrogens (tertiary/aromatic N) is 2. The summed E-state index contributed by atoms with van der Waals surface area (Å²) in [6.07, 6.45) is 0.0540. The predicted octanol–water partition coefficient (Wildman–Crippen LogP) is 1.54. The maximum atomic E-state index is 12.3. The lowest BCUT2D eigenvalue weighted by Crippen LogP contribution is -2.34. The highest BCUT2D eigenvalue weighted by atomic mass is 32.2. The smallest absolute Gasteiger partial charge is 0.371 e. The standard InChI is InChI=1S/C12H16N2O5S/c1-9(2)8-14(7-3-6-13)20(17,18)11-5-4-10(19-11)12(15)16/h4-5,9H,3,7-8H2,1-2H3,(H,15,16). The molecule has 0 spiro atoms. The fourth-order valence-electron chi connectivity index (χ4n) is 1.59. The molecular formula is C12H16N2O5S. The van der Waals surface area contributed by atoms with Gasteiger partial charge in [0.1, 0.15) is 0 Å². The molecule has 1 heterocycles. The van der Waals surface area contributed by atoms with Crippen molar-refractivity contribution in [3.63, 3.8) is 0 Å². The molecule has 0 unspecified atom stereocenters. The molecule has 0 bridgehead atoms. The van der Waals surface area contributed by atoms with Crippen LogP contribution < -0.4 is 0 Å². The molecule has 0 aliphatic rings. The minimum atomic E-state index is -3.93. The van der Waals surface area contributed by atoms with E-state index in [1.165, 1.54) is 0 Å². The van der Waals surface area contributed by atoms with Crippen molar-refractivity contribution in [1.29, 1.82) is 5.26 Å². The molecule has 0 atom stereocenters. The Hall–Kier alpha value is -1.85. The van der Waals surface area contributed by atoms with Gasteiger partial charge >= 0.3 is 5.97 Å². The molecule has 0 radical (unpaired) electrons. The second-order valence-corrected chi connectivity index (χ2v) is 6.46. The van der Waals surface area contributed by atoms with Gasteiger partial charge in [0.05, 0.1) is 6.07 Å². The summed E-state index contributed by atoms with van der Waals surface area (Å²) in [7, 11) is -3.93. The average molecular weight is 300 g/mol. The molecule has 1 aromatic heterocycles. The van der Waals surface area contributed by atoms with Gasteiger partial charge in [-0.05, 0) is 18.1 Å². The molecule has 1 N–H and O–H groups in total. The van der Waals surface area contributed by atoms with E-state index in [4.69, 9.17) is 14.8 Å². The van der Waals surface area contributed by atoms with Crippen LogP contribution in [0.2, 0.25) is 0 Å².